The van der Waals surface area contributed by atoms with Crippen LogP contribution < -0.4 is 10.6 Å². The van der Waals surface area contributed by atoms with Crippen molar-refractivity contribution < 1.29 is 18.0 Å². The molecule has 0 radical (unpaired) electrons. The van der Waals surface area contributed by atoms with E-state index in [0.717, 1.165) is 32.5 Å². The first-order valence-electron chi connectivity index (χ1n) is 15.5. The van der Waals surface area contributed by atoms with Gasteiger partial charge in [0.2, 0.25) is 5.91 Å². The van der Waals surface area contributed by atoms with Gasteiger partial charge in [0.1, 0.15) is 11.6 Å². The number of nitrogens with zero attached hydrogens (tertiary/aromatic N) is 6. The highest BCUT2D eigenvalue weighted by atomic mass is 32.2. The minimum Gasteiger partial charge on any atom is -0.349 e. The number of aromatic nitrogens is 2. The van der Waals surface area contributed by atoms with E-state index in [1.54, 1.807) is 33.7 Å². The van der Waals surface area contributed by atoms with Crippen molar-refractivity contribution in [1.29, 1.82) is 0 Å². The Labute approximate surface area is 278 Å². The summed E-state index contributed by atoms with van der Waals surface area (Å²) in [5.74, 6) is 0.821. The van der Waals surface area contributed by atoms with E-state index in [9.17, 15) is 22.8 Å². The van der Waals surface area contributed by atoms with Crippen molar-refractivity contribution in [1.82, 2.24) is 24.3 Å². The van der Waals surface area contributed by atoms with Crippen LogP contribution in [0.5, 0.6) is 0 Å². The molecule has 0 bridgehead atoms. The second kappa shape index (κ2) is 14.0. The molecular formula is C33H41F3N6O2S2. The normalized spacial score (nSPS) is 22.3. The first-order valence-corrected chi connectivity index (χ1v) is 16.4. The zero-order valence-corrected chi connectivity index (χ0v) is 28.2. The van der Waals surface area contributed by atoms with Crippen molar-refractivity contribution in [2.24, 2.45) is 0 Å². The third-order valence-corrected chi connectivity index (χ3v) is 10.5. The second-order valence-corrected chi connectivity index (χ2v) is 13.4. The summed E-state index contributed by atoms with van der Waals surface area (Å²) in [6, 6.07) is 8.17. The molecule has 1 amide bonds. The largest absolute Gasteiger partial charge is 0.350 e. The standard InChI is InChI=1S/C33H39F3N6O2S.H2S/c1-5-28(43)40-15-22(4)41(16-21(40)3)32-26-14-20(2)29(23-6-8-24(34)9-7-23)31-30(26)42(33(44)37-32)25(19-45-31)17-38-10-12-39(13-11-38)18-27(35)36;/h5-9,14,21-22,25,27H,1,10-13,15-19H2,2-4H3;1H2/t21-,22+,25+;/m1./s1. The number of hydrogen-bond acceptors (Lipinski definition) is 7. The maximum Gasteiger partial charge on any atom is 0.350 e. The van der Waals surface area contributed by atoms with E-state index < -0.39 is 6.43 Å². The topological polar surface area (TPSA) is 64.9 Å². The van der Waals surface area contributed by atoms with Gasteiger partial charge in [-0.15, -0.1) is 11.8 Å². The molecule has 4 heterocycles. The number of rotatable bonds is 7. The summed E-state index contributed by atoms with van der Waals surface area (Å²) in [4.78, 5) is 40.3. The Morgan fingerprint density at radius 1 is 1.09 bits per heavy atom. The van der Waals surface area contributed by atoms with Gasteiger partial charge in [0.05, 0.1) is 18.1 Å². The lowest BCUT2D eigenvalue weighted by molar-refractivity contribution is -0.128. The molecule has 0 aliphatic carbocycles. The van der Waals surface area contributed by atoms with Gasteiger partial charge in [0, 0.05) is 79.5 Å². The van der Waals surface area contributed by atoms with Crippen LogP contribution in [-0.2, 0) is 4.79 Å². The van der Waals surface area contributed by atoms with Crippen LogP contribution in [0.2, 0.25) is 0 Å². The summed E-state index contributed by atoms with van der Waals surface area (Å²) < 4.78 is 41.6. The summed E-state index contributed by atoms with van der Waals surface area (Å²) in [5.41, 5.74) is 3.33. The average molecular weight is 675 g/mol. The lowest BCUT2D eigenvalue weighted by Crippen LogP contribution is -2.58. The zero-order valence-electron chi connectivity index (χ0n) is 26.4. The average Bonchev–Trinajstić information content (AvgIpc) is 3.01. The summed E-state index contributed by atoms with van der Waals surface area (Å²) in [6.45, 7) is 13.5. The van der Waals surface area contributed by atoms with Crippen molar-refractivity contribution in [3.63, 3.8) is 0 Å². The summed E-state index contributed by atoms with van der Waals surface area (Å²) in [7, 11) is 0. The predicted molar refractivity (Wildman–Crippen MR) is 183 cm³/mol. The fourth-order valence-electron chi connectivity index (χ4n) is 7.04. The van der Waals surface area contributed by atoms with Gasteiger partial charge in [-0.25, -0.2) is 18.0 Å². The number of amides is 1. The van der Waals surface area contributed by atoms with Gasteiger partial charge in [-0.1, -0.05) is 18.7 Å². The molecule has 2 fully saturated rings. The Kier molecular flexibility index (Phi) is 10.5. The number of thioether (sulfide) groups is 1. The van der Waals surface area contributed by atoms with E-state index >= 15 is 0 Å². The van der Waals surface area contributed by atoms with Gasteiger partial charge >= 0.3 is 5.69 Å². The van der Waals surface area contributed by atoms with Gasteiger partial charge in [-0.2, -0.15) is 18.5 Å². The first-order chi connectivity index (χ1) is 21.5. The van der Waals surface area contributed by atoms with Crippen molar-refractivity contribution in [2.75, 3.05) is 63.0 Å². The molecular weight excluding hydrogens is 634 g/mol. The lowest BCUT2D eigenvalue weighted by atomic mass is 9.97. The summed E-state index contributed by atoms with van der Waals surface area (Å²) >= 11 is 1.70. The molecule has 2 aromatic carbocycles. The highest BCUT2D eigenvalue weighted by Crippen LogP contribution is 2.46. The van der Waals surface area contributed by atoms with Gasteiger partial charge in [0.25, 0.3) is 6.43 Å². The summed E-state index contributed by atoms with van der Waals surface area (Å²) in [6.07, 6.45) is -1.02. The molecule has 46 heavy (non-hydrogen) atoms. The van der Waals surface area contributed by atoms with Crippen LogP contribution >= 0.6 is 25.3 Å². The molecule has 13 heteroatoms. The number of benzene rings is 2. The molecule has 3 atom stereocenters. The maximum atomic E-state index is 14.1. The molecule has 2 saturated heterocycles. The Morgan fingerprint density at radius 3 is 2.41 bits per heavy atom. The quantitative estimate of drug-likeness (QED) is 0.335. The van der Waals surface area contributed by atoms with E-state index in [-0.39, 0.29) is 55.6 Å². The van der Waals surface area contributed by atoms with Crippen LogP contribution in [-0.4, -0.2) is 107 Å². The third-order valence-electron chi connectivity index (χ3n) is 9.31. The number of halogens is 3. The van der Waals surface area contributed by atoms with E-state index in [4.69, 9.17) is 4.98 Å². The first kappa shape index (κ1) is 34.3. The van der Waals surface area contributed by atoms with Crippen LogP contribution in [0.1, 0.15) is 25.5 Å². The number of alkyl halides is 2. The zero-order chi connectivity index (χ0) is 32.0. The van der Waals surface area contributed by atoms with Crippen LogP contribution in [0.15, 0.2) is 52.7 Å². The fourth-order valence-corrected chi connectivity index (χ4v) is 8.42. The number of carbonyl (C=O) groups is 1. The molecule has 3 aliphatic heterocycles. The molecule has 248 valence electrons. The monoisotopic (exact) mass is 674 g/mol. The van der Waals surface area contributed by atoms with E-state index in [0.29, 0.717) is 57.4 Å². The summed E-state index contributed by atoms with van der Waals surface area (Å²) in [5, 5.41) is 0.870. The third kappa shape index (κ3) is 6.56. The van der Waals surface area contributed by atoms with Crippen LogP contribution in [0.25, 0.3) is 22.0 Å². The minimum absolute atomic E-state index is 0. The molecule has 0 saturated carbocycles. The predicted octanol–water partition coefficient (Wildman–Crippen LogP) is 4.76. The van der Waals surface area contributed by atoms with Crippen LogP contribution in [0.3, 0.4) is 0 Å². The van der Waals surface area contributed by atoms with Crippen LogP contribution in [0, 0.1) is 12.7 Å². The van der Waals surface area contributed by atoms with Crippen molar-refractivity contribution in [3.8, 4) is 11.1 Å². The van der Waals surface area contributed by atoms with Gasteiger partial charge in [-0.3, -0.25) is 19.2 Å². The van der Waals surface area contributed by atoms with Crippen molar-refractivity contribution in [3.05, 3.63) is 64.9 Å². The fraction of sp³-hybridized carbons (Fsp3) is 0.485. The molecule has 1 aromatic heterocycles. The van der Waals surface area contributed by atoms with E-state index in [1.807, 2.05) is 25.3 Å². The number of carbonyl (C=O) groups excluding carboxylic acids is 1. The number of aryl methyl sites for hydroxylation is 1. The molecule has 0 unspecified atom stereocenters. The number of piperazine rings is 2. The molecule has 3 aromatic rings. The Morgan fingerprint density at radius 2 is 1.76 bits per heavy atom. The smallest absolute Gasteiger partial charge is 0.349 e. The van der Waals surface area contributed by atoms with Gasteiger partial charge < -0.3 is 9.80 Å². The molecule has 0 spiro atoms. The maximum absolute atomic E-state index is 14.1. The highest BCUT2D eigenvalue weighted by Gasteiger charge is 2.36. The van der Waals surface area contributed by atoms with E-state index in [1.165, 1.54) is 18.2 Å². The van der Waals surface area contributed by atoms with Crippen LogP contribution in [0.4, 0.5) is 19.0 Å². The van der Waals surface area contributed by atoms with Crippen molar-refractivity contribution in [2.45, 2.75) is 50.2 Å². The Balaban J connectivity index is 0.00000417. The lowest BCUT2D eigenvalue weighted by Gasteiger charge is -2.45. The van der Waals surface area contributed by atoms with E-state index in [2.05, 4.69) is 22.4 Å². The van der Waals surface area contributed by atoms with Gasteiger partial charge in [-0.05, 0) is 56.2 Å². The minimum atomic E-state index is -2.35. The SMILES string of the molecule is C=CC(=O)N1C[C@H](C)N(c2nc(=O)n3c4c(c(-c5ccc(F)cc5)c(C)cc24)SC[C@@H]3CN2CCN(CC(F)F)CC2)C[C@H]1C.S. The highest BCUT2D eigenvalue weighted by molar-refractivity contribution is 7.99. The molecule has 3 aliphatic rings. The molecule has 0 N–H and O–H groups in total. The molecule has 8 nitrogen and oxygen atoms in total. The van der Waals surface area contributed by atoms with Gasteiger partial charge in [0.15, 0.2) is 0 Å². The molecule has 6 rings (SSSR count). The van der Waals surface area contributed by atoms with Crippen molar-refractivity contribution >= 4 is 47.9 Å². The Bertz CT molecular complexity index is 1660. The Hall–Kier alpha value is -3.00. The number of anilines is 1. The second-order valence-electron chi connectivity index (χ2n) is 12.4. The number of hydrogen-bond donors (Lipinski definition) is 0.